The minimum absolute atomic E-state index is 0.0363. The normalized spacial score (nSPS) is 16.5. The molecule has 1 unspecified atom stereocenters. The number of hydrogen-bond acceptors (Lipinski definition) is 5. The summed E-state index contributed by atoms with van der Waals surface area (Å²) in [6.07, 6.45) is 0.892. The largest absolute Gasteiger partial charge is 0.484 e. The quantitative estimate of drug-likeness (QED) is 0.661. The Morgan fingerprint density at radius 1 is 1.35 bits per heavy atom. The molecule has 0 saturated carbocycles. The highest BCUT2D eigenvalue weighted by Crippen LogP contribution is 2.32. The number of thiophene rings is 1. The van der Waals surface area contributed by atoms with Gasteiger partial charge in [-0.15, -0.1) is 11.3 Å². The molecule has 1 aliphatic heterocycles. The van der Waals surface area contributed by atoms with Crippen molar-refractivity contribution in [3.63, 3.8) is 0 Å². The van der Waals surface area contributed by atoms with Crippen LogP contribution < -0.4 is 10.4 Å². The second kappa shape index (κ2) is 6.61. The van der Waals surface area contributed by atoms with E-state index in [4.69, 9.17) is 9.15 Å². The monoisotopic (exact) mass is 369 g/mol. The standard InChI is InChI=1S/C20H19NO4S/c1-12-9-20(23)25-17-10-14(3-4-15(12)17)24-11-19(22)21-7-5-18-16(13(21)2)6-8-26-18/h3-4,6,8-10,13H,5,7,11H2,1-2H3. The zero-order chi connectivity index (χ0) is 18.3. The number of carbonyl (C=O) groups excluding carboxylic acids is 1. The topological polar surface area (TPSA) is 59.8 Å². The average molecular weight is 369 g/mol. The van der Waals surface area contributed by atoms with Crippen molar-refractivity contribution in [2.24, 2.45) is 0 Å². The molecule has 1 aliphatic rings. The maximum atomic E-state index is 12.6. The fourth-order valence-corrected chi connectivity index (χ4v) is 4.44. The molecule has 0 radical (unpaired) electrons. The van der Waals surface area contributed by atoms with Gasteiger partial charge in [0.15, 0.2) is 6.61 Å². The molecule has 0 spiro atoms. The van der Waals surface area contributed by atoms with Gasteiger partial charge in [-0.05, 0) is 55.0 Å². The molecule has 26 heavy (non-hydrogen) atoms. The molecule has 0 saturated heterocycles. The molecule has 1 amide bonds. The third-order valence-electron chi connectivity index (χ3n) is 4.88. The van der Waals surface area contributed by atoms with E-state index in [2.05, 4.69) is 18.4 Å². The van der Waals surface area contributed by atoms with Crippen LogP contribution in [-0.2, 0) is 11.2 Å². The Labute approximate surface area is 154 Å². The predicted octanol–water partition coefficient (Wildman–Crippen LogP) is 3.69. The van der Waals surface area contributed by atoms with E-state index in [9.17, 15) is 9.59 Å². The van der Waals surface area contributed by atoms with Crippen molar-refractivity contribution in [2.45, 2.75) is 26.3 Å². The van der Waals surface area contributed by atoms with Crippen LogP contribution in [0.25, 0.3) is 11.0 Å². The number of hydrogen-bond donors (Lipinski definition) is 0. The van der Waals surface area contributed by atoms with Gasteiger partial charge in [-0.2, -0.15) is 0 Å². The molecule has 0 fully saturated rings. The fraction of sp³-hybridized carbons (Fsp3) is 0.300. The third-order valence-corrected chi connectivity index (χ3v) is 5.88. The van der Waals surface area contributed by atoms with Crippen molar-refractivity contribution in [1.82, 2.24) is 4.90 Å². The Morgan fingerprint density at radius 3 is 3.04 bits per heavy atom. The summed E-state index contributed by atoms with van der Waals surface area (Å²) < 4.78 is 10.9. The van der Waals surface area contributed by atoms with Gasteiger partial charge in [-0.1, -0.05) is 0 Å². The van der Waals surface area contributed by atoms with Gasteiger partial charge >= 0.3 is 5.63 Å². The lowest BCUT2D eigenvalue weighted by Gasteiger charge is -2.33. The van der Waals surface area contributed by atoms with E-state index in [1.165, 1.54) is 16.5 Å². The van der Waals surface area contributed by atoms with E-state index in [-0.39, 0.29) is 18.6 Å². The lowest BCUT2D eigenvalue weighted by atomic mass is 10.0. The first-order chi connectivity index (χ1) is 12.5. The second-order valence-corrected chi connectivity index (χ2v) is 7.51. The summed E-state index contributed by atoms with van der Waals surface area (Å²) in [6.45, 7) is 4.59. The van der Waals surface area contributed by atoms with Crippen LogP contribution in [0.3, 0.4) is 0 Å². The fourth-order valence-electron chi connectivity index (χ4n) is 3.47. The van der Waals surface area contributed by atoms with E-state index >= 15 is 0 Å². The number of rotatable bonds is 3. The Kier molecular flexibility index (Phi) is 4.28. The summed E-state index contributed by atoms with van der Waals surface area (Å²) in [5.41, 5.74) is 2.16. The zero-order valence-electron chi connectivity index (χ0n) is 14.7. The number of carbonyl (C=O) groups is 1. The highest BCUT2D eigenvalue weighted by atomic mass is 32.1. The lowest BCUT2D eigenvalue weighted by molar-refractivity contribution is -0.135. The van der Waals surface area contributed by atoms with Gasteiger partial charge in [0.2, 0.25) is 0 Å². The van der Waals surface area contributed by atoms with Crippen LogP contribution in [0.5, 0.6) is 5.75 Å². The maximum absolute atomic E-state index is 12.6. The van der Waals surface area contributed by atoms with Crippen molar-refractivity contribution in [3.8, 4) is 5.75 Å². The molecule has 6 heteroatoms. The van der Waals surface area contributed by atoms with Gasteiger partial charge < -0.3 is 14.1 Å². The van der Waals surface area contributed by atoms with Crippen LogP contribution in [0.15, 0.2) is 44.9 Å². The molecule has 1 atom stereocenters. The smallest absolute Gasteiger partial charge is 0.336 e. The van der Waals surface area contributed by atoms with E-state index in [1.54, 1.807) is 23.5 Å². The van der Waals surface area contributed by atoms with E-state index in [0.29, 0.717) is 17.9 Å². The SMILES string of the molecule is Cc1cc(=O)oc2cc(OCC(=O)N3CCc4sccc4C3C)ccc12. The zero-order valence-corrected chi connectivity index (χ0v) is 15.5. The molecule has 1 aromatic carbocycles. The highest BCUT2D eigenvalue weighted by molar-refractivity contribution is 7.10. The van der Waals surface area contributed by atoms with Crippen LogP contribution in [0.1, 0.15) is 29.0 Å². The Morgan fingerprint density at radius 2 is 2.19 bits per heavy atom. The molecule has 4 rings (SSSR count). The summed E-state index contributed by atoms with van der Waals surface area (Å²) in [6, 6.07) is 8.92. The van der Waals surface area contributed by atoms with E-state index in [1.807, 2.05) is 17.9 Å². The van der Waals surface area contributed by atoms with E-state index in [0.717, 1.165) is 17.4 Å². The van der Waals surface area contributed by atoms with Gasteiger partial charge in [-0.25, -0.2) is 4.79 Å². The molecule has 0 bridgehead atoms. The van der Waals surface area contributed by atoms with Crippen LogP contribution in [-0.4, -0.2) is 24.0 Å². The van der Waals surface area contributed by atoms with Crippen LogP contribution in [0.4, 0.5) is 0 Å². The summed E-state index contributed by atoms with van der Waals surface area (Å²) >= 11 is 1.75. The first-order valence-corrected chi connectivity index (χ1v) is 9.44. The van der Waals surface area contributed by atoms with Gasteiger partial charge in [0, 0.05) is 28.9 Å². The minimum Gasteiger partial charge on any atom is -0.484 e. The van der Waals surface area contributed by atoms with E-state index < -0.39 is 5.63 Å². The van der Waals surface area contributed by atoms with Gasteiger partial charge in [-0.3, -0.25) is 4.79 Å². The van der Waals surface area contributed by atoms with Crippen molar-refractivity contribution in [3.05, 3.63) is 62.1 Å². The Balaban J connectivity index is 1.48. The minimum atomic E-state index is -0.392. The third kappa shape index (κ3) is 3.01. The highest BCUT2D eigenvalue weighted by Gasteiger charge is 2.28. The molecule has 3 aromatic rings. The van der Waals surface area contributed by atoms with Gasteiger partial charge in [0.05, 0.1) is 6.04 Å². The molecule has 134 valence electrons. The first-order valence-electron chi connectivity index (χ1n) is 8.56. The van der Waals surface area contributed by atoms with Crippen LogP contribution >= 0.6 is 11.3 Å². The summed E-state index contributed by atoms with van der Waals surface area (Å²) in [5, 5.41) is 2.94. The molecule has 2 aromatic heterocycles. The molecular weight excluding hydrogens is 350 g/mol. The van der Waals surface area contributed by atoms with Crippen LogP contribution in [0.2, 0.25) is 0 Å². The summed E-state index contributed by atoms with van der Waals surface area (Å²) in [4.78, 5) is 27.4. The summed E-state index contributed by atoms with van der Waals surface area (Å²) in [7, 11) is 0. The molecule has 0 aliphatic carbocycles. The number of aryl methyl sites for hydroxylation is 1. The molecular formula is C20H19NO4S. The Hall–Kier alpha value is -2.60. The number of benzene rings is 1. The number of ether oxygens (including phenoxy) is 1. The summed E-state index contributed by atoms with van der Waals surface area (Å²) in [5.74, 6) is 0.473. The second-order valence-electron chi connectivity index (χ2n) is 6.51. The number of amides is 1. The van der Waals surface area contributed by atoms with Gasteiger partial charge in [0.25, 0.3) is 5.91 Å². The molecule has 3 heterocycles. The Bertz CT molecular complexity index is 1040. The van der Waals surface area contributed by atoms with Crippen LogP contribution in [0, 0.1) is 6.92 Å². The molecule has 5 nitrogen and oxygen atoms in total. The number of nitrogens with zero attached hydrogens (tertiary/aromatic N) is 1. The first kappa shape index (κ1) is 16.8. The number of fused-ring (bicyclic) bond motifs is 2. The average Bonchev–Trinajstić information content (AvgIpc) is 3.09. The molecule has 0 N–H and O–H groups in total. The van der Waals surface area contributed by atoms with Crippen molar-refractivity contribution in [1.29, 1.82) is 0 Å². The van der Waals surface area contributed by atoms with Crippen molar-refractivity contribution in [2.75, 3.05) is 13.2 Å². The lowest BCUT2D eigenvalue weighted by Crippen LogP contribution is -2.40. The van der Waals surface area contributed by atoms with Crippen molar-refractivity contribution < 1.29 is 13.9 Å². The van der Waals surface area contributed by atoms with Gasteiger partial charge in [0.1, 0.15) is 11.3 Å². The predicted molar refractivity (Wildman–Crippen MR) is 101 cm³/mol. The van der Waals surface area contributed by atoms with Crippen molar-refractivity contribution >= 4 is 28.2 Å². The maximum Gasteiger partial charge on any atom is 0.336 e.